The van der Waals surface area contributed by atoms with Crippen molar-refractivity contribution in [1.82, 2.24) is 18.0 Å². The SMILES string of the molecule is CC(C(=O)N(I)[C@@H]1C[C@H](C)CN(c2ccc(C(C)(F)F)c3nccnc23)C1)N1CC(N)C1. The van der Waals surface area contributed by atoms with Gasteiger partial charge in [-0.25, -0.2) is 8.78 Å². The first-order chi connectivity index (χ1) is 15.1. The maximum absolute atomic E-state index is 14.1. The lowest BCUT2D eigenvalue weighted by atomic mass is 9.94. The van der Waals surface area contributed by atoms with Crippen molar-refractivity contribution in [3.63, 3.8) is 0 Å². The summed E-state index contributed by atoms with van der Waals surface area (Å²) in [5.74, 6) is -2.61. The van der Waals surface area contributed by atoms with Crippen molar-refractivity contribution >= 4 is 45.5 Å². The van der Waals surface area contributed by atoms with E-state index in [0.29, 0.717) is 18.0 Å². The van der Waals surface area contributed by atoms with E-state index in [1.165, 1.54) is 18.5 Å². The molecule has 3 heterocycles. The number of anilines is 1. The number of amides is 1. The zero-order valence-electron chi connectivity index (χ0n) is 18.5. The van der Waals surface area contributed by atoms with Crippen molar-refractivity contribution < 1.29 is 13.6 Å². The van der Waals surface area contributed by atoms with E-state index in [0.717, 1.165) is 38.7 Å². The molecule has 1 aromatic carbocycles. The molecule has 1 amide bonds. The van der Waals surface area contributed by atoms with Gasteiger partial charge in [-0.05, 0) is 31.4 Å². The average molecular weight is 558 g/mol. The Bertz CT molecular complexity index is 996. The zero-order chi connectivity index (χ0) is 23.2. The van der Waals surface area contributed by atoms with Gasteiger partial charge in [0.15, 0.2) is 0 Å². The van der Waals surface area contributed by atoms with Crippen LogP contribution in [0.25, 0.3) is 11.0 Å². The molecule has 10 heteroatoms. The Morgan fingerprint density at radius 1 is 1.22 bits per heavy atom. The number of hydrogen-bond acceptors (Lipinski definition) is 6. The highest BCUT2D eigenvalue weighted by Crippen LogP contribution is 2.37. The van der Waals surface area contributed by atoms with Crippen LogP contribution in [0.15, 0.2) is 24.5 Å². The van der Waals surface area contributed by atoms with Gasteiger partial charge in [0.05, 0.1) is 46.2 Å². The number of alkyl halides is 2. The molecule has 2 saturated heterocycles. The molecule has 3 atom stereocenters. The van der Waals surface area contributed by atoms with Gasteiger partial charge < -0.3 is 10.6 Å². The van der Waals surface area contributed by atoms with Crippen LogP contribution < -0.4 is 10.6 Å². The molecule has 0 radical (unpaired) electrons. The summed E-state index contributed by atoms with van der Waals surface area (Å²) in [7, 11) is 0. The predicted molar refractivity (Wildman–Crippen MR) is 129 cm³/mol. The fraction of sp³-hybridized carbons (Fsp3) is 0.591. The van der Waals surface area contributed by atoms with Crippen LogP contribution >= 0.6 is 22.9 Å². The highest BCUT2D eigenvalue weighted by atomic mass is 127. The average Bonchev–Trinajstić information content (AvgIpc) is 2.73. The van der Waals surface area contributed by atoms with Gasteiger partial charge in [-0.15, -0.1) is 0 Å². The van der Waals surface area contributed by atoms with E-state index in [2.05, 4.69) is 49.6 Å². The highest BCUT2D eigenvalue weighted by molar-refractivity contribution is 14.1. The van der Waals surface area contributed by atoms with Crippen LogP contribution in [0.1, 0.15) is 32.8 Å². The van der Waals surface area contributed by atoms with E-state index in [1.54, 1.807) is 6.07 Å². The topological polar surface area (TPSA) is 78.6 Å². The number of piperidine rings is 1. The molecule has 32 heavy (non-hydrogen) atoms. The second kappa shape index (κ2) is 8.94. The second-order valence-electron chi connectivity index (χ2n) is 9.21. The molecule has 1 unspecified atom stereocenters. The Labute approximate surface area is 200 Å². The number of rotatable bonds is 5. The number of nitrogens with two attached hydrogens (primary N) is 1. The molecule has 0 spiro atoms. The number of nitrogens with zero attached hydrogens (tertiary/aromatic N) is 5. The van der Waals surface area contributed by atoms with E-state index >= 15 is 0 Å². The summed E-state index contributed by atoms with van der Waals surface area (Å²) >= 11 is 2.13. The maximum Gasteiger partial charge on any atom is 0.272 e. The number of fused-ring (bicyclic) bond motifs is 1. The van der Waals surface area contributed by atoms with Gasteiger partial charge in [-0.3, -0.25) is 22.8 Å². The summed E-state index contributed by atoms with van der Waals surface area (Å²) in [5.41, 5.74) is 7.21. The van der Waals surface area contributed by atoms with Gasteiger partial charge in [0, 0.05) is 57.1 Å². The molecule has 0 bridgehead atoms. The molecule has 2 aromatic rings. The van der Waals surface area contributed by atoms with Crippen molar-refractivity contribution in [2.45, 2.75) is 51.2 Å². The van der Waals surface area contributed by atoms with Crippen molar-refractivity contribution in [3.8, 4) is 0 Å². The maximum atomic E-state index is 14.1. The van der Waals surface area contributed by atoms with Crippen molar-refractivity contribution in [2.24, 2.45) is 11.7 Å². The van der Waals surface area contributed by atoms with Crippen LogP contribution in [0, 0.1) is 5.92 Å². The molecule has 1 aromatic heterocycles. The van der Waals surface area contributed by atoms with Crippen LogP contribution in [0.5, 0.6) is 0 Å². The third kappa shape index (κ3) is 4.54. The van der Waals surface area contributed by atoms with Gasteiger partial charge in [-0.2, -0.15) is 0 Å². The monoisotopic (exact) mass is 558 g/mol. The van der Waals surface area contributed by atoms with Crippen LogP contribution in [-0.4, -0.2) is 68.2 Å². The van der Waals surface area contributed by atoms with Crippen LogP contribution in [0.3, 0.4) is 0 Å². The van der Waals surface area contributed by atoms with Gasteiger partial charge in [0.25, 0.3) is 5.92 Å². The molecular formula is C22H29F2IN6O. The summed E-state index contributed by atoms with van der Waals surface area (Å²) in [4.78, 5) is 26.0. The fourth-order valence-corrected chi connectivity index (χ4v) is 5.52. The minimum atomic E-state index is -3.01. The number of likely N-dealkylation sites (tertiary alicyclic amines) is 1. The number of benzene rings is 1. The highest BCUT2D eigenvalue weighted by Gasteiger charge is 2.38. The lowest BCUT2D eigenvalue weighted by molar-refractivity contribution is -0.133. The smallest absolute Gasteiger partial charge is 0.272 e. The summed E-state index contributed by atoms with van der Waals surface area (Å²) in [6, 6.07) is 3.09. The fourth-order valence-electron chi connectivity index (χ4n) is 4.71. The minimum absolute atomic E-state index is 0.00302. The van der Waals surface area contributed by atoms with Crippen molar-refractivity contribution in [3.05, 3.63) is 30.1 Å². The van der Waals surface area contributed by atoms with E-state index in [4.69, 9.17) is 5.73 Å². The number of hydrogen-bond donors (Lipinski definition) is 1. The quantitative estimate of drug-likeness (QED) is 0.449. The molecule has 4 rings (SSSR count). The predicted octanol–water partition coefficient (Wildman–Crippen LogP) is 3.17. The van der Waals surface area contributed by atoms with Gasteiger partial charge in [-0.1, -0.05) is 6.92 Å². The van der Waals surface area contributed by atoms with Crippen LogP contribution in [0.2, 0.25) is 0 Å². The lowest BCUT2D eigenvalue weighted by Gasteiger charge is -2.44. The third-order valence-corrected chi connectivity index (χ3v) is 7.69. The first-order valence-electron chi connectivity index (χ1n) is 10.9. The first kappa shape index (κ1) is 23.5. The Hall–Kier alpha value is -1.66. The molecular weight excluding hydrogens is 529 g/mol. The summed E-state index contributed by atoms with van der Waals surface area (Å²) < 4.78 is 30.1. The van der Waals surface area contributed by atoms with Gasteiger partial charge >= 0.3 is 0 Å². The molecule has 0 saturated carbocycles. The Balaban J connectivity index is 1.59. The summed E-state index contributed by atoms with van der Waals surface area (Å²) in [6.45, 7) is 7.80. The van der Waals surface area contributed by atoms with Crippen molar-refractivity contribution in [1.29, 1.82) is 0 Å². The number of halogens is 3. The van der Waals surface area contributed by atoms with Crippen LogP contribution in [0.4, 0.5) is 14.5 Å². The van der Waals surface area contributed by atoms with Crippen molar-refractivity contribution in [2.75, 3.05) is 31.1 Å². The van der Waals surface area contributed by atoms with Gasteiger partial charge in [0.1, 0.15) is 5.52 Å². The summed E-state index contributed by atoms with van der Waals surface area (Å²) in [6.07, 6.45) is 3.85. The van der Waals surface area contributed by atoms with E-state index in [9.17, 15) is 13.6 Å². The number of aromatic nitrogens is 2. The van der Waals surface area contributed by atoms with E-state index < -0.39 is 5.92 Å². The molecule has 2 N–H and O–H groups in total. The molecule has 174 valence electrons. The van der Waals surface area contributed by atoms with Crippen LogP contribution in [-0.2, 0) is 10.7 Å². The largest absolute Gasteiger partial charge is 0.367 e. The molecule has 2 aliphatic heterocycles. The molecule has 7 nitrogen and oxygen atoms in total. The normalized spacial score (nSPS) is 23.8. The Kier molecular flexibility index (Phi) is 6.56. The minimum Gasteiger partial charge on any atom is -0.367 e. The summed E-state index contributed by atoms with van der Waals surface area (Å²) in [5, 5.41) is 0. The second-order valence-corrected chi connectivity index (χ2v) is 10.3. The Morgan fingerprint density at radius 2 is 1.88 bits per heavy atom. The van der Waals surface area contributed by atoms with Gasteiger partial charge in [0.2, 0.25) is 5.91 Å². The van der Waals surface area contributed by atoms with E-state index in [-0.39, 0.29) is 35.1 Å². The first-order valence-corrected chi connectivity index (χ1v) is 11.9. The van der Waals surface area contributed by atoms with E-state index in [1.807, 2.05) is 10.0 Å². The lowest BCUT2D eigenvalue weighted by Crippen LogP contribution is -2.62. The number of carbonyl (C=O) groups excluding carboxylic acids is 1. The molecule has 0 aliphatic carbocycles. The number of carbonyl (C=O) groups is 1. The third-order valence-electron chi connectivity index (χ3n) is 6.43. The molecule has 2 aliphatic rings. The standard InChI is InChI=1S/C22H29F2IN6O/c1-13-8-16(31(25)21(32)14(2)29-10-15(26)11-29)12-30(9-13)18-5-4-17(22(3,23)24)19-20(18)28-7-6-27-19/h4-7,13-16H,8-12,26H2,1-3H3/t13-,14?,16+/m0/s1. The molecule has 2 fully saturated rings. The zero-order valence-corrected chi connectivity index (χ0v) is 20.7. The Morgan fingerprint density at radius 3 is 2.50 bits per heavy atom.